The molecule has 1 aliphatic rings. The van der Waals surface area contributed by atoms with Crippen molar-refractivity contribution in [1.82, 2.24) is 10.6 Å². The van der Waals surface area contributed by atoms with Gasteiger partial charge in [-0.05, 0) is 36.1 Å². The molecule has 2 aromatic rings. The summed E-state index contributed by atoms with van der Waals surface area (Å²) in [4.78, 5) is 11.8. The highest BCUT2D eigenvalue weighted by molar-refractivity contribution is 5.73. The maximum Gasteiger partial charge on any atom is 0.315 e. The van der Waals surface area contributed by atoms with E-state index in [0.717, 1.165) is 29.9 Å². The zero-order valence-corrected chi connectivity index (χ0v) is 13.6. The van der Waals surface area contributed by atoms with E-state index in [2.05, 4.69) is 22.8 Å². The Morgan fingerprint density at radius 3 is 2.54 bits per heavy atom. The highest BCUT2D eigenvalue weighted by atomic mass is 16.6. The van der Waals surface area contributed by atoms with Crippen LogP contribution in [0.5, 0.6) is 11.5 Å². The summed E-state index contributed by atoms with van der Waals surface area (Å²) < 4.78 is 11.0. The Hall–Kier alpha value is -2.69. The lowest BCUT2D eigenvalue weighted by Crippen LogP contribution is -2.35. The predicted octanol–water partition coefficient (Wildman–Crippen LogP) is 2.89. The summed E-state index contributed by atoms with van der Waals surface area (Å²) in [7, 11) is 0. The number of hydrogen-bond acceptors (Lipinski definition) is 3. The van der Waals surface area contributed by atoms with Gasteiger partial charge in [-0.1, -0.05) is 36.4 Å². The van der Waals surface area contributed by atoms with Crippen molar-refractivity contribution in [3.63, 3.8) is 0 Å². The lowest BCUT2D eigenvalue weighted by atomic mass is 10.1. The van der Waals surface area contributed by atoms with Crippen molar-refractivity contribution >= 4 is 6.03 Å². The van der Waals surface area contributed by atoms with Crippen molar-refractivity contribution in [2.24, 2.45) is 0 Å². The van der Waals surface area contributed by atoms with Crippen LogP contribution in [-0.4, -0.2) is 25.8 Å². The summed E-state index contributed by atoms with van der Waals surface area (Å²) in [6.07, 6.45) is 1.88. The van der Waals surface area contributed by atoms with Gasteiger partial charge in [-0.25, -0.2) is 4.79 Å². The van der Waals surface area contributed by atoms with Gasteiger partial charge in [-0.3, -0.25) is 0 Å². The van der Waals surface area contributed by atoms with Gasteiger partial charge in [0.05, 0.1) is 0 Å². The van der Waals surface area contributed by atoms with Crippen LogP contribution < -0.4 is 20.1 Å². The molecule has 0 saturated heterocycles. The van der Waals surface area contributed by atoms with Crippen LogP contribution in [0.3, 0.4) is 0 Å². The number of amides is 2. The van der Waals surface area contributed by atoms with E-state index in [1.54, 1.807) is 0 Å². The number of carbonyl (C=O) groups is 1. The minimum atomic E-state index is -0.155. The summed E-state index contributed by atoms with van der Waals surface area (Å²) in [6, 6.07) is 15.8. The molecular formula is C19H22N2O3. The van der Waals surface area contributed by atoms with Gasteiger partial charge in [-0.2, -0.15) is 0 Å². The maximum atomic E-state index is 11.8. The van der Waals surface area contributed by atoms with E-state index in [0.29, 0.717) is 26.3 Å². The molecule has 0 radical (unpaired) electrons. The first-order valence-electron chi connectivity index (χ1n) is 8.25. The number of nitrogens with one attached hydrogen (secondary N) is 2. The summed E-state index contributed by atoms with van der Waals surface area (Å²) >= 11 is 0. The Bertz CT molecular complexity index is 674. The van der Waals surface area contributed by atoms with Crippen LogP contribution in [0.2, 0.25) is 0 Å². The number of aryl methyl sites for hydroxylation is 1. The average molecular weight is 326 g/mol. The quantitative estimate of drug-likeness (QED) is 0.803. The Morgan fingerprint density at radius 2 is 1.71 bits per heavy atom. The van der Waals surface area contributed by atoms with E-state index >= 15 is 0 Å². The third-order valence-electron chi connectivity index (χ3n) is 3.83. The molecule has 0 fully saturated rings. The number of rotatable bonds is 6. The van der Waals surface area contributed by atoms with E-state index in [9.17, 15) is 4.79 Å². The maximum absolute atomic E-state index is 11.8. The number of urea groups is 1. The summed E-state index contributed by atoms with van der Waals surface area (Å²) in [5.74, 6) is 1.50. The number of fused-ring (bicyclic) bond motifs is 1. The number of benzene rings is 2. The van der Waals surface area contributed by atoms with Gasteiger partial charge in [0.1, 0.15) is 13.2 Å². The fourth-order valence-corrected chi connectivity index (χ4v) is 2.58. The normalized spacial score (nSPS) is 12.5. The molecule has 0 saturated carbocycles. The molecule has 0 aliphatic carbocycles. The third kappa shape index (κ3) is 4.65. The minimum absolute atomic E-state index is 0.155. The van der Waals surface area contributed by atoms with Gasteiger partial charge in [0.15, 0.2) is 11.5 Å². The van der Waals surface area contributed by atoms with E-state index in [1.807, 2.05) is 36.4 Å². The largest absolute Gasteiger partial charge is 0.486 e. The molecule has 0 unspecified atom stereocenters. The first-order chi connectivity index (χ1) is 11.8. The summed E-state index contributed by atoms with van der Waals surface area (Å²) in [5, 5.41) is 5.74. The predicted molar refractivity (Wildman–Crippen MR) is 92.4 cm³/mol. The van der Waals surface area contributed by atoms with E-state index in [4.69, 9.17) is 9.47 Å². The molecule has 1 heterocycles. The van der Waals surface area contributed by atoms with E-state index in [1.165, 1.54) is 5.56 Å². The Kier molecular flexibility index (Phi) is 5.56. The van der Waals surface area contributed by atoms with Gasteiger partial charge in [-0.15, -0.1) is 0 Å². The van der Waals surface area contributed by atoms with Crippen molar-refractivity contribution in [1.29, 1.82) is 0 Å². The molecule has 0 bridgehead atoms. The zero-order valence-electron chi connectivity index (χ0n) is 13.6. The first-order valence-corrected chi connectivity index (χ1v) is 8.25. The highest BCUT2D eigenvalue weighted by Crippen LogP contribution is 2.30. The van der Waals surface area contributed by atoms with Crippen molar-refractivity contribution in [3.05, 3.63) is 59.7 Å². The second-order valence-corrected chi connectivity index (χ2v) is 5.68. The molecule has 0 aromatic heterocycles. The van der Waals surface area contributed by atoms with Crippen LogP contribution in [0.25, 0.3) is 0 Å². The standard InChI is InChI=1S/C19H22N2O3/c22-19(20-10-4-7-15-5-2-1-3-6-15)21-14-16-8-9-17-18(13-16)24-12-11-23-17/h1-3,5-6,8-9,13H,4,7,10-12,14H2,(H2,20,21,22). The number of ether oxygens (including phenoxy) is 2. The van der Waals surface area contributed by atoms with Crippen molar-refractivity contribution in [2.45, 2.75) is 19.4 Å². The minimum Gasteiger partial charge on any atom is -0.486 e. The van der Waals surface area contributed by atoms with E-state index < -0.39 is 0 Å². The fourth-order valence-electron chi connectivity index (χ4n) is 2.58. The zero-order chi connectivity index (χ0) is 16.6. The molecule has 1 aliphatic heterocycles. The highest BCUT2D eigenvalue weighted by Gasteiger charge is 2.11. The molecule has 5 heteroatoms. The van der Waals surface area contributed by atoms with Crippen molar-refractivity contribution < 1.29 is 14.3 Å². The molecule has 5 nitrogen and oxygen atoms in total. The lowest BCUT2D eigenvalue weighted by molar-refractivity contribution is 0.171. The van der Waals surface area contributed by atoms with Crippen molar-refractivity contribution in [2.75, 3.05) is 19.8 Å². The molecule has 0 spiro atoms. The molecule has 2 N–H and O–H groups in total. The van der Waals surface area contributed by atoms with Gasteiger partial charge in [0.2, 0.25) is 0 Å². The second-order valence-electron chi connectivity index (χ2n) is 5.68. The summed E-state index contributed by atoms with van der Waals surface area (Å²) in [6.45, 7) is 2.25. The van der Waals surface area contributed by atoms with Crippen LogP contribution in [0.15, 0.2) is 48.5 Å². The summed E-state index contributed by atoms with van der Waals surface area (Å²) in [5.41, 5.74) is 2.27. The van der Waals surface area contributed by atoms with Gasteiger partial charge < -0.3 is 20.1 Å². The smallest absolute Gasteiger partial charge is 0.315 e. The van der Waals surface area contributed by atoms with Gasteiger partial charge in [0, 0.05) is 13.1 Å². The SMILES string of the molecule is O=C(NCCCc1ccccc1)NCc1ccc2c(c1)OCCO2. The molecule has 0 atom stereocenters. The van der Waals surface area contributed by atoms with Crippen LogP contribution >= 0.6 is 0 Å². The molecule has 3 rings (SSSR count). The lowest BCUT2D eigenvalue weighted by Gasteiger charge is -2.19. The Balaban J connectivity index is 1.36. The first kappa shape index (κ1) is 16.2. The van der Waals surface area contributed by atoms with Crippen LogP contribution in [0, 0.1) is 0 Å². The average Bonchev–Trinajstić information content (AvgIpc) is 2.64. The van der Waals surface area contributed by atoms with E-state index in [-0.39, 0.29) is 6.03 Å². The Morgan fingerprint density at radius 1 is 0.917 bits per heavy atom. The Labute approximate surface area is 142 Å². The monoisotopic (exact) mass is 326 g/mol. The van der Waals surface area contributed by atoms with Crippen LogP contribution in [0.1, 0.15) is 17.5 Å². The van der Waals surface area contributed by atoms with Gasteiger partial charge >= 0.3 is 6.03 Å². The molecular weight excluding hydrogens is 304 g/mol. The molecule has 126 valence electrons. The second kappa shape index (κ2) is 8.24. The number of hydrogen-bond donors (Lipinski definition) is 2. The topological polar surface area (TPSA) is 59.6 Å². The molecule has 2 amide bonds. The third-order valence-corrected chi connectivity index (χ3v) is 3.83. The molecule has 24 heavy (non-hydrogen) atoms. The molecule has 2 aromatic carbocycles. The van der Waals surface area contributed by atoms with Crippen LogP contribution in [-0.2, 0) is 13.0 Å². The fraction of sp³-hybridized carbons (Fsp3) is 0.316. The van der Waals surface area contributed by atoms with Crippen molar-refractivity contribution in [3.8, 4) is 11.5 Å². The van der Waals surface area contributed by atoms with Crippen LogP contribution in [0.4, 0.5) is 4.79 Å². The van der Waals surface area contributed by atoms with Gasteiger partial charge in [0.25, 0.3) is 0 Å². The number of carbonyl (C=O) groups excluding carboxylic acids is 1.